The lowest BCUT2D eigenvalue weighted by Crippen LogP contribution is -2.20. The number of nitrogens with one attached hydrogen (secondary N) is 1. The van der Waals surface area contributed by atoms with Gasteiger partial charge in [-0.2, -0.15) is 0 Å². The third-order valence-electron chi connectivity index (χ3n) is 1.96. The van der Waals surface area contributed by atoms with Crippen molar-refractivity contribution in [2.24, 2.45) is 0 Å². The first-order chi connectivity index (χ1) is 5.38. The average molecular weight is 154 g/mol. The van der Waals surface area contributed by atoms with Crippen LogP contribution in [0.4, 0.5) is 0 Å². The Morgan fingerprint density at radius 3 is 3.18 bits per heavy atom. The summed E-state index contributed by atoms with van der Waals surface area (Å²) in [7, 11) is 0. The lowest BCUT2D eigenvalue weighted by Gasteiger charge is -2.09. The molecule has 1 aliphatic heterocycles. The Labute approximate surface area is 64.2 Å². The molecule has 1 aliphatic rings. The molecule has 1 saturated heterocycles. The number of oxazole rings is 1. The molecule has 0 aromatic carbocycles. The monoisotopic (exact) mass is 154 g/mol. The van der Waals surface area contributed by atoms with E-state index in [1.807, 2.05) is 0 Å². The van der Waals surface area contributed by atoms with Crippen LogP contribution >= 0.6 is 0 Å². The summed E-state index contributed by atoms with van der Waals surface area (Å²) in [5, 5.41) is 12.6. The predicted molar refractivity (Wildman–Crippen MR) is 37.9 cm³/mol. The van der Waals surface area contributed by atoms with Crippen LogP contribution in [0.15, 0.2) is 17.1 Å². The topological polar surface area (TPSA) is 58.3 Å². The van der Waals surface area contributed by atoms with Gasteiger partial charge in [0.15, 0.2) is 6.39 Å². The highest BCUT2D eigenvalue weighted by Crippen LogP contribution is 2.21. The van der Waals surface area contributed by atoms with Gasteiger partial charge in [0.05, 0.1) is 17.8 Å². The van der Waals surface area contributed by atoms with E-state index in [2.05, 4.69) is 10.3 Å². The van der Waals surface area contributed by atoms with E-state index in [9.17, 15) is 5.11 Å². The molecule has 1 aromatic rings. The third-order valence-corrected chi connectivity index (χ3v) is 1.96. The van der Waals surface area contributed by atoms with Crippen LogP contribution < -0.4 is 5.32 Å². The van der Waals surface area contributed by atoms with Crippen molar-refractivity contribution < 1.29 is 9.52 Å². The van der Waals surface area contributed by atoms with E-state index < -0.39 is 0 Å². The van der Waals surface area contributed by atoms with Crippen molar-refractivity contribution in [3.8, 4) is 0 Å². The molecule has 0 saturated carbocycles. The molecule has 2 atom stereocenters. The number of rotatable bonds is 1. The van der Waals surface area contributed by atoms with Crippen molar-refractivity contribution in [1.29, 1.82) is 0 Å². The van der Waals surface area contributed by atoms with Gasteiger partial charge < -0.3 is 14.8 Å². The normalized spacial score (nSPS) is 31.0. The number of hydrogen-bond donors (Lipinski definition) is 2. The summed E-state index contributed by atoms with van der Waals surface area (Å²) >= 11 is 0. The second-order valence-corrected chi connectivity index (χ2v) is 2.70. The number of aliphatic hydroxyl groups excluding tert-OH is 1. The summed E-state index contributed by atoms with van der Waals surface area (Å²) in [6.07, 6.45) is 3.41. The Morgan fingerprint density at radius 1 is 1.73 bits per heavy atom. The van der Waals surface area contributed by atoms with Gasteiger partial charge in [0.25, 0.3) is 0 Å². The summed E-state index contributed by atoms with van der Waals surface area (Å²) in [5.41, 5.74) is 0.787. The van der Waals surface area contributed by atoms with E-state index in [1.165, 1.54) is 6.39 Å². The van der Waals surface area contributed by atoms with Crippen LogP contribution in [0.25, 0.3) is 0 Å². The van der Waals surface area contributed by atoms with Gasteiger partial charge in [-0.3, -0.25) is 0 Å². The summed E-state index contributed by atoms with van der Waals surface area (Å²) in [5.74, 6) is 0. The zero-order valence-electron chi connectivity index (χ0n) is 6.03. The first-order valence-corrected chi connectivity index (χ1v) is 3.67. The van der Waals surface area contributed by atoms with Gasteiger partial charge in [0.2, 0.25) is 0 Å². The lowest BCUT2D eigenvalue weighted by molar-refractivity contribution is 0.158. The van der Waals surface area contributed by atoms with Crippen molar-refractivity contribution in [1.82, 2.24) is 10.3 Å². The summed E-state index contributed by atoms with van der Waals surface area (Å²) < 4.78 is 4.81. The van der Waals surface area contributed by atoms with Gasteiger partial charge in [0, 0.05) is 0 Å². The van der Waals surface area contributed by atoms with Gasteiger partial charge in [-0.25, -0.2) is 4.98 Å². The van der Waals surface area contributed by atoms with E-state index in [4.69, 9.17) is 4.42 Å². The molecular formula is C7H10N2O2. The van der Waals surface area contributed by atoms with Crippen molar-refractivity contribution in [2.75, 3.05) is 6.54 Å². The van der Waals surface area contributed by atoms with E-state index >= 15 is 0 Å². The molecule has 2 N–H and O–H groups in total. The van der Waals surface area contributed by atoms with Crippen LogP contribution in [0.3, 0.4) is 0 Å². The molecule has 2 unspecified atom stereocenters. The van der Waals surface area contributed by atoms with Gasteiger partial charge in [-0.05, 0) is 13.0 Å². The zero-order valence-corrected chi connectivity index (χ0v) is 6.03. The largest absolute Gasteiger partial charge is 0.451 e. The first-order valence-electron chi connectivity index (χ1n) is 3.67. The minimum absolute atomic E-state index is 0.0336. The highest BCUT2D eigenvalue weighted by Gasteiger charge is 2.27. The van der Waals surface area contributed by atoms with E-state index in [0.717, 1.165) is 18.7 Å². The molecule has 2 heterocycles. The Bertz CT molecular complexity index is 222. The van der Waals surface area contributed by atoms with Gasteiger partial charge >= 0.3 is 0 Å². The predicted octanol–water partition coefficient (Wildman–Crippen LogP) is 0.0699. The van der Waals surface area contributed by atoms with Gasteiger partial charge in [-0.15, -0.1) is 0 Å². The number of hydrogen-bond acceptors (Lipinski definition) is 4. The van der Waals surface area contributed by atoms with E-state index in [-0.39, 0.29) is 12.1 Å². The molecule has 0 amide bonds. The summed E-state index contributed by atoms with van der Waals surface area (Å²) in [6.45, 7) is 0.846. The molecule has 0 aliphatic carbocycles. The minimum Gasteiger partial charge on any atom is -0.451 e. The number of aliphatic hydroxyl groups is 1. The Kier molecular flexibility index (Phi) is 1.63. The zero-order chi connectivity index (χ0) is 7.68. The first kappa shape index (κ1) is 6.82. The summed E-state index contributed by atoms with van der Waals surface area (Å²) in [6, 6.07) is -0.0336. The molecule has 0 spiro atoms. The van der Waals surface area contributed by atoms with Crippen molar-refractivity contribution >= 4 is 0 Å². The fourth-order valence-corrected chi connectivity index (χ4v) is 1.37. The Morgan fingerprint density at radius 2 is 2.64 bits per heavy atom. The van der Waals surface area contributed by atoms with Crippen LogP contribution in [0.5, 0.6) is 0 Å². The van der Waals surface area contributed by atoms with Crippen molar-refractivity contribution in [3.63, 3.8) is 0 Å². The average Bonchev–Trinajstić information content (AvgIpc) is 2.55. The fraction of sp³-hybridized carbons (Fsp3) is 0.571. The molecule has 0 radical (unpaired) electrons. The lowest BCUT2D eigenvalue weighted by atomic mass is 10.1. The Hall–Kier alpha value is -0.870. The van der Waals surface area contributed by atoms with Crippen LogP contribution in [0.2, 0.25) is 0 Å². The third kappa shape index (κ3) is 1.15. The standard InChI is InChI=1S/C7H10N2O2/c10-6-1-2-8-7(6)5-3-11-4-9-5/h3-4,6-8,10H,1-2H2. The molecule has 0 bridgehead atoms. The van der Waals surface area contributed by atoms with Gasteiger partial charge in [0.1, 0.15) is 6.26 Å². The Balaban J connectivity index is 2.16. The molecule has 11 heavy (non-hydrogen) atoms. The van der Waals surface area contributed by atoms with Crippen molar-refractivity contribution in [2.45, 2.75) is 18.6 Å². The van der Waals surface area contributed by atoms with Crippen LogP contribution in [0, 0.1) is 0 Å². The molecule has 60 valence electrons. The fourth-order valence-electron chi connectivity index (χ4n) is 1.37. The molecule has 4 heteroatoms. The van der Waals surface area contributed by atoms with E-state index in [0.29, 0.717) is 0 Å². The maximum Gasteiger partial charge on any atom is 0.180 e. The second kappa shape index (κ2) is 2.64. The molecule has 1 aromatic heterocycles. The van der Waals surface area contributed by atoms with Crippen LogP contribution in [-0.4, -0.2) is 22.7 Å². The number of nitrogens with zero attached hydrogens (tertiary/aromatic N) is 1. The second-order valence-electron chi connectivity index (χ2n) is 2.70. The number of aromatic nitrogens is 1. The maximum absolute atomic E-state index is 9.42. The van der Waals surface area contributed by atoms with Crippen LogP contribution in [-0.2, 0) is 0 Å². The molecular weight excluding hydrogens is 144 g/mol. The smallest absolute Gasteiger partial charge is 0.180 e. The highest BCUT2D eigenvalue weighted by molar-refractivity contribution is 5.05. The summed E-state index contributed by atoms with van der Waals surface area (Å²) in [4.78, 5) is 3.96. The SMILES string of the molecule is OC1CCNC1c1cocn1. The minimum atomic E-state index is -0.319. The molecule has 1 fully saturated rings. The van der Waals surface area contributed by atoms with Crippen LogP contribution in [0.1, 0.15) is 18.2 Å². The van der Waals surface area contributed by atoms with E-state index in [1.54, 1.807) is 6.26 Å². The maximum atomic E-state index is 9.42. The highest BCUT2D eigenvalue weighted by atomic mass is 16.3. The quantitative estimate of drug-likeness (QED) is 0.601. The van der Waals surface area contributed by atoms with Gasteiger partial charge in [-0.1, -0.05) is 0 Å². The molecule has 2 rings (SSSR count). The van der Waals surface area contributed by atoms with Crippen molar-refractivity contribution in [3.05, 3.63) is 18.4 Å². The molecule has 4 nitrogen and oxygen atoms in total.